The molecule has 3 aliphatic heterocycles. The van der Waals surface area contributed by atoms with Crippen molar-refractivity contribution in [3.05, 3.63) is 0 Å². The number of carbonyl (C=O) groups excluding carboxylic acids is 1. The molecule has 1 amide bonds. The highest BCUT2D eigenvalue weighted by atomic mass is 16.5. The standard InChI is InChI=1S/C14H22N2O3/c15-11(18)9-1-2-16-14(3-9)4-10(14)12-5-13(6-12,7-17)19-8-12/h9-10,16-17H,1-8H2,(H2,15,18). The number of aliphatic hydroxyl groups excluding tert-OH is 1. The Morgan fingerprint density at radius 1 is 1.42 bits per heavy atom. The van der Waals surface area contributed by atoms with Crippen LogP contribution < -0.4 is 11.1 Å². The van der Waals surface area contributed by atoms with Gasteiger partial charge < -0.3 is 20.9 Å². The Morgan fingerprint density at radius 2 is 2.21 bits per heavy atom. The molecule has 5 nitrogen and oxygen atoms in total. The minimum Gasteiger partial charge on any atom is -0.393 e. The first-order chi connectivity index (χ1) is 9.03. The van der Waals surface area contributed by atoms with Crippen molar-refractivity contribution in [2.75, 3.05) is 19.8 Å². The van der Waals surface area contributed by atoms with E-state index in [4.69, 9.17) is 10.5 Å². The van der Waals surface area contributed by atoms with E-state index in [0.717, 1.165) is 45.3 Å². The molecule has 19 heavy (non-hydrogen) atoms. The number of primary amides is 1. The Bertz CT molecular complexity index is 432. The van der Waals surface area contributed by atoms with Gasteiger partial charge in [0.15, 0.2) is 0 Å². The van der Waals surface area contributed by atoms with Gasteiger partial charge in [-0.2, -0.15) is 0 Å². The summed E-state index contributed by atoms with van der Waals surface area (Å²) in [5, 5.41) is 13.0. The summed E-state index contributed by atoms with van der Waals surface area (Å²) in [4.78, 5) is 11.4. The zero-order valence-electron chi connectivity index (χ0n) is 11.2. The molecule has 2 bridgehead atoms. The summed E-state index contributed by atoms with van der Waals surface area (Å²) in [6, 6.07) is 0. The summed E-state index contributed by atoms with van der Waals surface area (Å²) in [6.07, 6.45) is 4.88. The summed E-state index contributed by atoms with van der Waals surface area (Å²) < 4.78 is 5.81. The lowest BCUT2D eigenvalue weighted by Crippen LogP contribution is -2.52. The van der Waals surface area contributed by atoms with Gasteiger partial charge in [0, 0.05) is 16.9 Å². The van der Waals surface area contributed by atoms with Crippen molar-refractivity contribution in [1.29, 1.82) is 0 Å². The molecule has 4 N–H and O–H groups in total. The molecule has 0 radical (unpaired) electrons. The molecule has 3 atom stereocenters. The van der Waals surface area contributed by atoms with Crippen molar-refractivity contribution in [2.24, 2.45) is 23.0 Å². The fourth-order valence-corrected chi connectivity index (χ4v) is 5.12. The first-order valence-corrected chi connectivity index (χ1v) is 7.32. The van der Waals surface area contributed by atoms with E-state index in [1.807, 2.05) is 0 Å². The zero-order chi connectivity index (χ0) is 13.3. The first kappa shape index (κ1) is 12.1. The number of rotatable bonds is 3. The second-order valence-corrected chi connectivity index (χ2v) is 7.28. The third-order valence-electron chi connectivity index (χ3n) is 6.10. The van der Waals surface area contributed by atoms with E-state index >= 15 is 0 Å². The zero-order valence-corrected chi connectivity index (χ0v) is 11.2. The topological polar surface area (TPSA) is 84.6 Å². The van der Waals surface area contributed by atoms with Crippen LogP contribution in [0, 0.1) is 17.3 Å². The van der Waals surface area contributed by atoms with E-state index in [1.165, 1.54) is 0 Å². The van der Waals surface area contributed by atoms with Crippen LogP contribution in [0.15, 0.2) is 0 Å². The number of amides is 1. The molecule has 0 aromatic heterocycles. The highest BCUT2D eigenvalue weighted by Gasteiger charge is 2.74. The molecule has 5 aliphatic rings. The molecule has 106 valence electrons. The molecular formula is C14H22N2O3. The molecule has 5 heteroatoms. The number of piperidine rings is 1. The van der Waals surface area contributed by atoms with Gasteiger partial charge in [-0.05, 0) is 44.6 Å². The minimum atomic E-state index is -0.235. The third kappa shape index (κ3) is 1.49. The van der Waals surface area contributed by atoms with Crippen LogP contribution in [0.2, 0.25) is 0 Å². The second-order valence-electron chi connectivity index (χ2n) is 7.28. The fraction of sp³-hybridized carbons (Fsp3) is 0.929. The van der Waals surface area contributed by atoms with Crippen molar-refractivity contribution in [3.63, 3.8) is 0 Å². The van der Waals surface area contributed by atoms with Gasteiger partial charge in [-0.1, -0.05) is 0 Å². The number of aliphatic hydroxyl groups is 1. The molecule has 1 spiro atoms. The molecule has 0 aromatic rings. The van der Waals surface area contributed by atoms with Crippen molar-refractivity contribution in [1.82, 2.24) is 5.32 Å². The maximum Gasteiger partial charge on any atom is 0.220 e. The maximum absolute atomic E-state index is 11.4. The van der Waals surface area contributed by atoms with Crippen LogP contribution in [0.1, 0.15) is 32.1 Å². The summed E-state index contributed by atoms with van der Waals surface area (Å²) in [7, 11) is 0. The summed E-state index contributed by atoms with van der Waals surface area (Å²) in [5.41, 5.74) is 5.63. The number of fused-ring (bicyclic) bond motifs is 1. The van der Waals surface area contributed by atoms with Crippen molar-refractivity contribution < 1.29 is 14.6 Å². The minimum absolute atomic E-state index is 0.0349. The van der Waals surface area contributed by atoms with Crippen molar-refractivity contribution >= 4 is 5.91 Å². The van der Waals surface area contributed by atoms with Crippen LogP contribution in [0.25, 0.3) is 0 Å². The van der Waals surface area contributed by atoms with Gasteiger partial charge >= 0.3 is 0 Å². The molecule has 5 fully saturated rings. The number of hydrogen-bond acceptors (Lipinski definition) is 4. The number of ether oxygens (including phenoxy) is 1. The Labute approximate surface area is 112 Å². The predicted molar refractivity (Wildman–Crippen MR) is 68.2 cm³/mol. The van der Waals surface area contributed by atoms with Crippen LogP contribution in [0.5, 0.6) is 0 Å². The van der Waals surface area contributed by atoms with Gasteiger partial charge in [-0.15, -0.1) is 0 Å². The Hall–Kier alpha value is -0.650. The number of carbonyl (C=O) groups is 1. The van der Waals surface area contributed by atoms with Crippen molar-refractivity contribution in [2.45, 2.75) is 43.2 Å². The van der Waals surface area contributed by atoms with Crippen LogP contribution in [-0.4, -0.2) is 41.9 Å². The van der Waals surface area contributed by atoms with E-state index in [-0.39, 0.29) is 35.0 Å². The number of hydrogen-bond donors (Lipinski definition) is 3. The van der Waals surface area contributed by atoms with Crippen LogP contribution >= 0.6 is 0 Å². The molecule has 0 aromatic carbocycles. The quantitative estimate of drug-likeness (QED) is 0.659. The van der Waals surface area contributed by atoms with E-state index in [1.54, 1.807) is 0 Å². The van der Waals surface area contributed by atoms with Crippen LogP contribution in [0.3, 0.4) is 0 Å². The summed E-state index contributed by atoms with van der Waals surface area (Å²) in [5.74, 6) is 0.488. The summed E-state index contributed by atoms with van der Waals surface area (Å²) >= 11 is 0. The third-order valence-corrected chi connectivity index (χ3v) is 6.10. The van der Waals surface area contributed by atoms with Gasteiger partial charge in [0.2, 0.25) is 5.91 Å². The van der Waals surface area contributed by atoms with E-state index < -0.39 is 0 Å². The lowest BCUT2D eigenvalue weighted by molar-refractivity contribution is -0.123. The number of nitrogens with one attached hydrogen (secondary N) is 1. The van der Waals surface area contributed by atoms with E-state index in [9.17, 15) is 9.90 Å². The molecule has 3 unspecified atom stereocenters. The van der Waals surface area contributed by atoms with Gasteiger partial charge in [-0.25, -0.2) is 0 Å². The molecule has 3 saturated heterocycles. The van der Waals surface area contributed by atoms with Gasteiger partial charge in [-0.3, -0.25) is 4.79 Å². The highest BCUT2D eigenvalue weighted by molar-refractivity contribution is 5.77. The van der Waals surface area contributed by atoms with Crippen LogP contribution in [-0.2, 0) is 9.53 Å². The van der Waals surface area contributed by atoms with Gasteiger partial charge in [0.25, 0.3) is 0 Å². The van der Waals surface area contributed by atoms with Gasteiger partial charge in [0.1, 0.15) is 0 Å². The van der Waals surface area contributed by atoms with E-state index in [2.05, 4.69) is 5.32 Å². The Morgan fingerprint density at radius 3 is 2.84 bits per heavy atom. The SMILES string of the molecule is NC(=O)C1CCNC2(C1)CC2C12COC(CO)(C1)C2. The van der Waals surface area contributed by atoms with Gasteiger partial charge in [0.05, 0.1) is 18.8 Å². The van der Waals surface area contributed by atoms with E-state index in [0.29, 0.717) is 5.92 Å². The molecule has 2 aliphatic carbocycles. The molecule has 3 heterocycles. The monoisotopic (exact) mass is 266 g/mol. The lowest BCUT2D eigenvalue weighted by atomic mass is 9.59. The summed E-state index contributed by atoms with van der Waals surface area (Å²) in [6.45, 7) is 1.82. The Balaban J connectivity index is 1.48. The maximum atomic E-state index is 11.4. The number of nitrogens with two attached hydrogens (primary N) is 1. The average Bonchev–Trinajstić information content (AvgIpc) is 2.79. The lowest BCUT2D eigenvalue weighted by Gasteiger charge is -2.46. The normalized spacial score (nSPS) is 55.0. The first-order valence-electron chi connectivity index (χ1n) is 7.32. The second kappa shape index (κ2) is 3.51. The predicted octanol–water partition coefficient (Wildman–Crippen LogP) is -0.228. The largest absolute Gasteiger partial charge is 0.393 e. The average molecular weight is 266 g/mol. The molecular weight excluding hydrogens is 244 g/mol. The van der Waals surface area contributed by atoms with Crippen LogP contribution in [0.4, 0.5) is 0 Å². The highest BCUT2D eigenvalue weighted by Crippen LogP contribution is 2.71. The molecule has 2 saturated carbocycles. The van der Waals surface area contributed by atoms with Crippen molar-refractivity contribution in [3.8, 4) is 0 Å². The smallest absolute Gasteiger partial charge is 0.220 e. The molecule has 5 rings (SSSR count). The Kier molecular flexibility index (Phi) is 2.24. The fourth-order valence-electron chi connectivity index (χ4n) is 5.12.